The van der Waals surface area contributed by atoms with Crippen LogP contribution in [0.3, 0.4) is 0 Å². The van der Waals surface area contributed by atoms with Crippen LogP contribution >= 0.6 is 15.9 Å². The van der Waals surface area contributed by atoms with E-state index in [0.717, 1.165) is 17.3 Å². The molecule has 0 aromatic heterocycles. The van der Waals surface area contributed by atoms with Crippen molar-refractivity contribution in [3.05, 3.63) is 34.1 Å². The molecule has 1 aromatic rings. The number of halogens is 2. The third-order valence-corrected chi connectivity index (χ3v) is 3.68. The molecule has 1 atom stereocenters. The molecule has 1 saturated carbocycles. The van der Waals surface area contributed by atoms with Crippen LogP contribution in [0.5, 0.6) is 0 Å². The molecule has 76 valence electrons. The zero-order valence-corrected chi connectivity index (χ0v) is 9.43. The van der Waals surface area contributed by atoms with Gasteiger partial charge in [0.25, 0.3) is 0 Å². The lowest BCUT2D eigenvalue weighted by atomic mass is 9.77. The molecule has 0 radical (unpaired) electrons. The van der Waals surface area contributed by atoms with E-state index >= 15 is 0 Å². The first kappa shape index (κ1) is 10.1. The van der Waals surface area contributed by atoms with E-state index in [1.54, 1.807) is 6.07 Å². The third kappa shape index (κ3) is 1.71. The van der Waals surface area contributed by atoms with Crippen molar-refractivity contribution in [3.63, 3.8) is 0 Å². The van der Waals surface area contributed by atoms with Crippen LogP contribution in [0.2, 0.25) is 0 Å². The summed E-state index contributed by atoms with van der Waals surface area (Å²) >= 11 is 3.35. The Kier molecular flexibility index (Phi) is 2.88. The Labute approximate surface area is 91.6 Å². The molecule has 0 saturated heterocycles. The van der Waals surface area contributed by atoms with Gasteiger partial charge >= 0.3 is 0 Å². The summed E-state index contributed by atoms with van der Waals surface area (Å²) in [5, 5.41) is 0. The lowest BCUT2D eigenvalue weighted by Gasteiger charge is -2.32. The second-order valence-electron chi connectivity index (χ2n) is 3.85. The molecule has 0 bridgehead atoms. The minimum atomic E-state index is -0.196. The molecule has 0 aliphatic heterocycles. The molecule has 1 nitrogen and oxygen atoms in total. The van der Waals surface area contributed by atoms with Gasteiger partial charge in [-0.05, 0) is 30.9 Å². The summed E-state index contributed by atoms with van der Waals surface area (Å²) in [6.45, 7) is 0. The fraction of sp³-hybridized carbons (Fsp3) is 0.455. The van der Waals surface area contributed by atoms with Crippen LogP contribution in [0.1, 0.15) is 30.9 Å². The van der Waals surface area contributed by atoms with E-state index in [0.29, 0.717) is 11.5 Å². The van der Waals surface area contributed by atoms with E-state index in [4.69, 9.17) is 5.73 Å². The normalized spacial score (nSPS) is 19.1. The van der Waals surface area contributed by atoms with E-state index in [1.165, 1.54) is 12.5 Å². The molecule has 1 unspecified atom stereocenters. The van der Waals surface area contributed by atoms with Crippen molar-refractivity contribution in [1.82, 2.24) is 0 Å². The van der Waals surface area contributed by atoms with Crippen LogP contribution in [0, 0.1) is 11.7 Å². The molecule has 14 heavy (non-hydrogen) atoms. The maximum atomic E-state index is 13.5. The smallest absolute Gasteiger partial charge is 0.129 e. The molecule has 1 aromatic carbocycles. The Morgan fingerprint density at radius 2 is 2.14 bits per heavy atom. The van der Waals surface area contributed by atoms with E-state index in [9.17, 15) is 4.39 Å². The number of hydrogen-bond donors (Lipinski definition) is 1. The highest BCUT2D eigenvalue weighted by Crippen LogP contribution is 2.39. The number of nitrogens with two attached hydrogens (primary N) is 1. The molecule has 0 heterocycles. The van der Waals surface area contributed by atoms with E-state index in [1.807, 2.05) is 6.07 Å². The topological polar surface area (TPSA) is 26.0 Å². The van der Waals surface area contributed by atoms with Crippen molar-refractivity contribution in [2.75, 3.05) is 0 Å². The van der Waals surface area contributed by atoms with E-state index in [-0.39, 0.29) is 11.9 Å². The number of hydrogen-bond acceptors (Lipinski definition) is 1. The molecular weight excluding hydrogens is 245 g/mol. The number of benzene rings is 1. The molecule has 2 rings (SSSR count). The first-order valence-corrected chi connectivity index (χ1v) is 5.69. The molecule has 3 heteroatoms. The SMILES string of the molecule is NC(c1c(F)cccc1Br)C1CCC1. The summed E-state index contributed by atoms with van der Waals surface area (Å²) in [6, 6.07) is 4.85. The maximum Gasteiger partial charge on any atom is 0.129 e. The highest BCUT2D eigenvalue weighted by Gasteiger charge is 2.28. The Balaban J connectivity index is 2.29. The molecule has 0 spiro atoms. The minimum absolute atomic E-state index is 0.153. The van der Waals surface area contributed by atoms with Crippen molar-refractivity contribution >= 4 is 15.9 Å². The fourth-order valence-corrected chi connectivity index (χ4v) is 2.47. The highest BCUT2D eigenvalue weighted by molar-refractivity contribution is 9.10. The minimum Gasteiger partial charge on any atom is -0.324 e. The first-order chi connectivity index (χ1) is 6.70. The predicted molar refractivity (Wildman–Crippen MR) is 58.4 cm³/mol. The van der Waals surface area contributed by atoms with Gasteiger partial charge < -0.3 is 5.73 Å². The average Bonchev–Trinajstić information content (AvgIpc) is 2.00. The van der Waals surface area contributed by atoms with Crippen molar-refractivity contribution in [2.24, 2.45) is 11.7 Å². The molecule has 1 fully saturated rings. The van der Waals surface area contributed by atoms with Crippen LogP contribution in [0.25, 0.3) is 0 Å². The largest absolute Gasteiger partial charge is 0.324 e. The lowest BCUT2D eigenvalue weighted by Crippen LogP contribution is -2.27. The molecule has 0 amide bonds. The van der Waals surface area contributed by atoms with Crippen LogP contribution in [0.15, 0.2) is 22.7 Å². The Morgan fingerprint density at radius 1 is 1.43 bits per heavy atom. The summed E-state index contributed by atoms with van der Waals surface area (Å²) in [7, 11) is 0. The van der Waals surface area contributed by atoms with Gasteiger partial charge in [-0.3, -0.25) is 0 Å². The second-order valence-corrected chi connectivity index (χ2v) is 4.71. The summed E-state index contributed by atoms with van der Waals surface area (Å²) in [6.07, 6.45) is 3.48. The third-order valence-electron chi connectivity index (χ3n) is 2.99. The van der Waals surface area contributed by atoms with Crippen molar-refractivity contribution in [2.45, 2.75) is 25.3 Å². The van der Waals surface area contributed by atoms with Crippen LogP contribution in [-0.2, 0) is 0 Å². The first-order valence-electron chi connectivity index (χ1n) is 4.89. The van der Waals surface area contributed by atoms with Gasteiger partial charge in [0.1, 0.15) is 5.82 Å². The van der Waals surface area contributed by atoms with Gasteiger partial charge in [0, 0.05) is 16.1 Å². The second kappa shape index (κ2) is 3.99. The van der Waals surface area contributed by atoms with Gasteiger partial charge in [0.15, 0.2) is 0 Å². The Morgan fingerprint density at radius 3 is 2.64 bits per heavy atom. The van der Waals surface area contributed by atoms with Gasteiger partial charge in [-0.25, -0.2) is 4.39 Å². The summed E-state index contributed by atoms with van der Waals surface area (Å²) in [5.41, 5.74) is 6.67. The zero-order chi connectivity index (χ0) is 10.1. The van der Waals surface area contributed by atoms with Crippen LogP contribution < -0.4 is 5.73 Å². The quantitative estimate of drug-likeness (QED) is 0.864. The predicted octanol–water partition coefficient (Wildman–Crippen LogP) is 3.39. The molecule has 1 aliphatic carbocycles. The van der Waals surface area contributed by atoms with Crippen molar-refractivity contribution in [3.8, 4) is 0 Å². The van der Waals surface area contributed by atoms with Crippen molar-refractivity contribution in [1.29, 1.82) is 0 Å². The summed E-state index contributed by atoms with van der Waals surface area (Å²) in [5.74, 6) is 0.266. The Bertz CT molecular complexity index is 316. The standard InChI is InChI=1S/C11H13BrFN/c12-8-5-2-6-9(13)10(8)11(14)7-3-1-4-7/h2,5-7,11H,1,3-4,14H2. The van der Waals surface area contributed by atoms with E-state index in [2.05, 4.69) is 15.9 Å². The van der Waals surface area contributed by atoms with Crippen LogP contribution in [0.4, 0.5) is 4.39 Å². The van der Waals surface area contributed by atoms with Gasteiger partial charge in [0.05, 0.1) is 0 Å². The van der Waals surface area contributed by atoms with Gasteiger partial charge in [-0.1, -0.05) is 28.4 Å². The van der Waals surface area contributed by atoms with Gasteiger partial charge in [0.2, 0.25) is 0 Å². The maximum absolute atomic E-state index is 13.5. The summed E-state index contributed by atoms with van der Waals surface area (Å²) < 4.78 is 14.3. The van der Waals surface area contributed by atoms with Crippen LogP contribution in [-0.4, -0.2) is 0 Å². The lowest BCUT2D eigenvalue weighted by molar-refractivity contribution is 0.260. The fourth-order valence-electron chi connectivity index (χ4n) is 1.86. The van der Waals surface area contributed by atoms with E-state index < -0.39 is 0 Å². The zero-order valence-electron chi connectivity index (χ0n) is 7.84. The number of rotatable bonds is 2. The average molecular weight is 258 g/mol. The molecular formula is C11H13BrFN. The van der Waals surface area contributed by atoms with Crippen molar-refractivity contribution < 1.29 is 4.39 Å². The van der Waals surface area contributed by atoms with Gasteiger partial charge in [-0.15, -0.1) is 0 Å². The molecule has 2 N–H and O–H groups in total. The Hall–Kier alpha value is -0.410. The summed E-state index contributed by atoms with van der Waals surface area (Å²) in [4.78, 5) is 0. The highest BCUT2D eigenvalue weighted by atomic mass is 79.9. The molecule has 1 aliphatic rings. The monoisotopic (exact) mass is 257 g/mol. The van der Waals surface area contributed by atoms with Gasteiger partial charge in [-0.2, -0.15) is 0 Å².